The highest BCUT2D eigenvalue weighted by atomic mass is 35.5. The van der Waals surface area contributed by atoms with Gasteiger partial charge in [-0.3, -0.25) is 0 Å². The Morgan fingerprint density at radius 1 is 1.03 bits per heavy atom. The van der Waals surface area contributed by atoms with Gasteiger partial charge in [-0.25, -0.2) is 0 Å². The van der Waals surface area contributed by atoms with Crippen molar-refractivity contribution in [3.63, 3.8) is 0 Å². The predicted molar refractivity (Wildman–Crippen MR) is 119 cm³/mol. The van der Waals surface area contributed by atoms with Gasteiger partial charge in [-0.05, 0) is 31.3 Å². The van der Waals surface area contributed by atoms with Crippen molar-refractivity contribution in [3.8, 4) is 0 Å². The highest BCUT2D eigenvalue weighted by Crippen LogP contribution is 2.41. The first kappa shape index (κ1) is 19.7. The average Bonchev–Trinajstić information content (AvgIpc) is 3.07. The zero-order chi connectivity index (χ0) is 20.7. The second-order valence-corrected chi connectivity index (χ2v) is 8.48. The Hall–Kier alpha value is -2.25. The van der Waals surface area contributed by atoms with Crippen LogP contribution in [0.25, 0.3) is 0 Å². The van der Waals surface area contributed by atoms with E-state index in [2.05, 4.69) is 16.8 Å². The number of likely N-dealkylation sites (N-methyl/N-ethyl adjacent to an activating group) is 1. The molecule has 3 aliphatic heterocycles. The molecule has 0 spiro atoms. The molecule has 8 heteroatoms. The molecule has 1 unspecified atom stereocenters. The monoisotopic (exact) mass is 444 g/mol. The van der Waals surface area contributed by atoms with E-state index >= 15 is 0 Å². The van der Waals surface area contributed by atoms with Crippen LogP contribution in [-0.4, -0.2) is 55.5 Å². The number of hydrogen-bond acceptors (Lipinski definition) is 6. The van der Waals surface area contributed by atoms with Crippen LogP contribution in [0.3, 0.4) is 0 Å². The lowest BCUT2D eigenvalue weighted by Crippen LogP contribution is -2.41. The maximum Gasteiger partial charge on any atom is 0.264 e. The smallest absolute Gasteiger partial charge is 0.264 e. The van der Waals surface area contributed by atoms with Crippen molar-refractivity contribution >= 4 is 34.7 Å². The Balaban J connectivity index is 1.48. The lowest BCUT2D eigenvalue weighted by atomic mass is 9.99. The highest BCUT2D eigenvalue weighted by molar-refractivity contribution is 6.31. The summed E-state index contributed by atoms with van der Waals surface area (Å²) in [5, 5.41) is 3.01. The van der Waals surface area contributed by atoms with Crippen molar-refractivity contribution in [3.05, 3.63) is 75.7 Å². The number of halogens is 2. The fourth-order valence-electron chi connectivity index (χ4n) is 3.89. The van der Waals surface area contributed by atoms with Crippen LogP contribution in [0, 0.1) is 0 Å². The SMILES string of the molecule is CN1CCN(C=C2N=C3COC(c4ccccc4Cl)c4cc(Cl)ccc4N3O2)CC1. The van der Waals surface area contributed by atoms with Crippen molar-refractivity contribution < 1.29 is 9.57 Å². The molecule has 6 nitrogen and oxygen atoms in total. The molecule has 0 aromatic heterocycles. The lowest BCUT2D eigenvalue weighted by Gasteiger charge is -2.31. The van der Waals surface area contributed by atoms with Crippen LogP contribution < -0.4 is 5.06 Å². The van der Waals surface area contributed by atoms with Gasteiger partial charge in [0, 0.05) is 47.4 Å². The molecule has 30 heavy (non-hydrogen) atoms. The summed E-state index contributed by atoms with van der Waals surface area (Å²) in [6, 6.07) is 13.4. The van der Waals surface area contributed by atoms with Gasteiger partial charge in [0.1, 0.15) is 12.7 Å². The summed E-state index contributed by atoms with van der Waals surface area (Å²) in [4.78, 5) is 15.4. The minimum Gasteiger partial charge on any atom is -0.370 e. The summed E-state index contributed by atoms with van der Waals surface area (Å²) in [6.45, 7) is 4.24. The molecular weight excluding hydrogens is 423 g/mol. The number of fused-ring (bicyclic) bond motifs is 3. The fourth-order valence-corrected chi connectivity index (χ4v) is 4.31. The Morgan fingerprint density at radius 2 is 1.83 bits per heavy atom. The summed E-state index contributed by atoms with van der Waals surface area (Å²) in [5.74, 6) is 1.27. The first-order chi connectivity index (χ1) is 14.6. The highest BCUT2D eigenvalue weighted by Gasteiger charge is 2.35. The second kappa shape index (κ2) is 8.12. The molecule has 1 saturated heterocycles. The molecule has 3 heterocycles. The van der Waals surface area contributed by atoms with E-state index in [4.69, 9.17) is 37.8 Å². The van der Waals surface area contributed by atoms with E-state index in [1.165, 1.54) is 0 Å². The number of rotatable bonds is 2. The van der Waals surface area contributed by atoms with Crippen LogP contribution in [0.15, 0.2) is 59.5 Å². The van der Waals surface area contributed by atoms with Crippen LogP contribution >= 0.6 is 23.2 Å². The van der Waals surface area contributed by atoms with Crippen LogP contribution in [0.5, 0.6) is 0 Å². The average molecular weight is 445 g/mol. The third-order valence-corrected chi connectivity index (χ3v) is 6.13. The number of piperazine rings is 1. The molecule has 1 fully saturated rings. The Morgan fingerprint density at radius 3 is 2.63 bits per heavy atom. The van der Waals surface area contributed by atoms with E-state index in [1.807, 2.05) is 48.7 Å². The quantitative estimate of drug-likeness (QED) is 0.689. The van der Waals surface area contributed by atoms with Crippen molar-refractivity contribution in [2.24, 2.45) is 4.99 Å². The number of anilines is 1. The number of ether oxygens (including phenoxy) is 1. The minimum absolute atomic E-state index is 0.294. The maximum atomic E-state index is 6.47. The second-order valence-electron chi connectivity index (χ2n) is 7.64. The Kier molecular flexibility index (Phi) is 5.33. The van der Waals surface area contributed by atoms with Crippen molar-refractivity contribution in [1.29, 1.82) is 0 Å². The maximum absolute atomic E-state index is 6.47. The first-order valence-electron chi connectivity index (χ1n) is 9.94. The van der Waals surface area contributed by atoms with E-state index in [-0.39, 0.29) is 6.10 Å². The third-order valence-electron chi connectivity index (χ3n) is 5.55. The Labute approximate surface area is 185 Å². The van der Waals surface area contributed by atoms with Gasteiger partial charge in [0.2, 0.25) is 0 Å². The normalized spacial score (nSPS) is 23.0. The summed E-state index contributed by atoms with van der Waals surface area (Å²) in [7, 11) is 2.13. The summed E-state index contributed by atoms with van der Waals surface area (Å²) < 4.78 is 6.27. The molecule has 1 atom stereocenters. The van der Waals surface area contributed by atoms with E-state index in [0.29, 0.717) is 28.4 Å². The number of aliphatic imine (C=N–C) groups is 1. The van der Waals surface area contributed by atoms with E-state index < -0.39 is 0 Å². The molecule has 3 aliphatic rings. The van der Waals surface area contributed by atoms with Crippen molar-refractivity contribution in [2.75, 3.05) is 44.9 Å². The first-order valence-corrected chi connectivity index (χ1v) is 10.7. The molecule has 2 aromatic rings. The van der Waals surface area contributed by atoms with Gasteiger partial charge in [0.15, 0.2) is 5.84 Å². The molecule has 0 radical (unpaired) electrons. The largest absolute Gasteiger partial charge is 0.370 e. The molecule has 0 aliphatic carbocycles. The topological polar surface area (TPSA) is 40.5 Å². The van der Waals surface area contributed by atoms with Crippen LogP contribution in [0.2, 0.25) is 10.0 Å². The van der Waals surface area contributed by atoms with Gasteiger partial charge in [-0.15, -0.1) is 0 Å². The lowest BCUT2D eigenvalue weighted by molar-refractivity contribution is 0.114. The molecule has 2 aromatic carbocycles. The number of nitrogens with zero attached hydrogens (tertiary/aromatic N) is 4. The molecule has 5 rings (SSSR count). The summed E-state index contributed by atoms with van der Waals surface area (Å²) in [6.07, 6.45) is 1.62. The number of amidine groups is 1. The van der Waals surface area contributed by atoms with E-state index in [0.717, 1.165) is 43.0 Å². The van der Waals surface area contributed by atoms with E-state index in [1.54, 1.807) is 5.06 Å². The Bertz CT molecular complexity index is 1020. The predicted octanol–water partition coefficient (Wildman–Crippen LogP) is 4.31. The molecule has 0 saturated carbocycles. The molecule has 0 bridgehead atoms. The molecule has 0 N–H and O–H groups in total. The number of benzene rings is 2. The zero-order valence-electron chi connectivity index (χ0n) is 16.6. The summed E-state index contributed by atoms with van der Waals surface area (Å²) in [5.41, 5.74) is 2.63. The number of hydrogen-bond donors (Lipinski definition) is 0. The van der Waals surface area contributed by atoms with Gasteiger partial charge in [0.25, 0.3) is 5.88 Å². The van der Waals surface area contributed by atoms with Crippen molar-refractivity contribution in [1.82, 2.24) is 9.80 Å². The van der Waals surface area contributed by atoms with Gasteiger partial charge in [-0.2, -0.15) is 10.1 Å². The van der Waals surface area contributed by atoms with Crippen LogP contribution in [0.4, 0.5) is 5.69 Å². The standard InChI is InChI=1S/C22H22Cl2N4O2/c1-26-8-10-27(11-9-26)13-21-25-20-14-29-22(16-4-2-3-5-18(16)24)17-12-15(23)6-7-19(17)28(20)30-21/h2-7,12-13,22H,8-11,14H2,1H3. The molecule has 156 valence electrons. The van der Waals surface area contributed by atoms with Crippen molar-refractivity contribution in [2.45, 2.75) is 6.10 Å². The number of hydroxylamine groups is 1. The molecular formula is C22H22Cl2N4O2. The van der Waals surface area contributed by atoms with E-state index in [9.17, 15) is 0 Å². The van der Waals surface area contributed by atoms with Crippen LogP contribution in [0.1, 0.15) is 17.2 Å². The summed E-state index contributed by atoms with van der Waals surface area (Å²) >= 11 is 12.8. The molecule has 0 amide bonds. The van der Waals surface area contributed by atoms with Gasteiger partial charge in [-0.1, -0.05) is 41.4 Å². The van der Waals surface area contributed by atoms with Crippen LogP contribution in [-0.2, 0) is 9.57 Å². The fraction of sp³-hybridized carbons (Fsp3) is 0.318. The third kappa shape index (κ3) is 3.76. The van der Waals surface area contributed by atoms with Gasteiger partial charge >= 0.3 is 0 Å². The van der Waals surface area contributed by atoms with Gasteiger partial charge < -0.3 is 19.4 Å². The zero-order valence-corrected chi connectivity index (χ0v) is 18.1. The minimum atomic E-state index is -0.366. The van der Waals surface area contributed by atoms with Gasteiger partial charge in [0.05, 0.1) is 11.9 Å².